The average molecular weight is 692 g/mol. The summed E-state index contributed by atoms with van der Waals surface area (Å²) in [6.07, 6.45) is 2.35. The summed E-state index contributed by atoms with van der Waals surface area (Å²) in [5.41, 5.74) is 4.29. The van der Waals surface area contributed by atoms with Crippen LogP contribution in [0.2, 0.25) is 0 Å². The molecule has 0 unspecified atom stereocenters. The van der Waals surface area contributed by atoms with Gasteiger partial charge >= 0.3 is 6.03 Å². The highest BCUT2D eigenvalue weighted by Crippen LogP contribution is 2.31. The fraction of sp³-hybridized carbons (Fsp3) is 0.148. The van der Waals surface area contributed by atoms with Crippen molar-refractivity contribution in [1.82, 2.24) is 5.32 Å². The molecule has 1 saturated heterocycles. The van der Waals surface area contributed by atoms with E-state index in [4.69, 9.17) is 4.74 Å². The molecular weight excluding hydrogens is 670 g/mol. The molecule has 1 N–H and O–H groups in total. The average Bonchev–Trinajstić information content (AvgIpc) is 2.81. The minimum atomic E-state index is -0.759. The maximum atomic E-state index is 13.2. The third-order valence-electron chi connectivity index (χ3n) is 5.50. The van der Waals surface area contributed by atoms with Gasteiger partial charge in [0.05, 0.1) is 12.8 Å². The number of halogens is 2. The first-order chi connectivity index (χ1) is 16.8. The zero-order valence-electron chi connectivity index (χ0n) is 19.1. The smallest absolute Gasteiger partial charge is 0.335 e. The molecule has 1 aliphatic heterocycles. The molecule has 4 rings (SSSR count). The Morgan fingerprint density at radius 1 is 0.943 bits per heavy atom. The highest BCUT2D eigenvalue weighted by atomic mass is 127. The quantitative estimate of drug-likeness (QED) is 0.195. The van der Waals surface area contributed by atoms with Crippen LogP contribution >= 0.6 is 45.2 Å². The monoisotopic (exact) mass is 692 g/mol. The molecule has 6 nitrogen and oxygen atoms in total. The van der Waals surface area contributed by atoms with Crippen LogP contribution < -0.4 is 15.0 Å². The maximum Gasteiger partial charge on any atom is 0.335 e. The van der Waals surface area contributed by atoms with Crippen LogP contribution in [0.15, 0.2) is 66.2 Å². The van der Waals surface area contributed by atoms with Gasteiger partial charge in [0.25, 0.3) is 11.8 Å². The number of aryl methyl sites for hydroxylation is 2. The lowest BCUT2D eigenvalue weighted by molar-refractivity contribution is -0.122. The predicted octanol–water partition coefficient (Wildman–Crippen LogP) is 6.01. The number of rotatable bonds is 6. The van der Waals surface area contributed by atoms with E-state index in [1.165, 1.54) is 11.6 Å². The lowest BCUT2D eigenvalue weighted by Crippen LogP contribution is -2.54. The first-order valence-electron chi connectivity index (χ1n) is 10.9. The largest absolute Gasteiger partial charge is 0.487 e. The summed E-state index contributed by atoms with van der Waals surface area (Å²) in [6.45, 7) is 4.49. The molecule has 0 atom stereocenters. The lowest BCUT2D eigenvalue weighted by Gasteiger charge is -2.26. The van der Waals surface area contributed by atoms with E-state index in [9.17, 15) is 14.4 Å². The second-order valence-electron chi connectivity index (χ2n) is 8.07. The Kier molecular flexibility index (Phi) is 7.90. The molecule has 3 aromatic carbocycles. The summed E-state index contributed by atoms with van der Waals surface area (Å²) in [4.78, 5) is 39.2. The summed E-state index contributed by atoms with van der Waals surface area (Å²) in [6, 6.07) is 18.2. The third-order valence-corrected chi connectivity index (χ3v) is 7.10. The Morgan fingerprint density at radius 2 is 1.63 bits per heavy atom. The van der Waals surface area contributed by atoms with Crippen LogP contribution in [0.4, 0.5) is 10.5 Å². The van der Waals surface area contributed by atoms with E-state index in [0.29, 0.717) is 17.9 Å². The fourth-order valence-corrected chi connectivity index (χ4v) is 5.83. The van der Waals surface area contributed by atoms with Gasteiger partial charge < -0.3 is 4.74 Å². The molecular formula is C27H22I2N2O4. The van der Waals surface area contributed by atoms with Gasteiger partial charge in [-0.1, -0.05) is 48.9 Å². The lowest BCUT2D eigenvalue weighted by atomic mass is 10.1. The molecule has 0 radical (unpaired) electrons. The second kappa shape index (κ2) is 10.9. The molecule has 0 aliphatic carbocycles. The van der Waals surface area contributed by atoms with Crippen molar-refractivity contribution in [3.05, 3.63) is 95.6 Å². The van der Waals surface area contributed by atoms with Crippen LogP contribution in [0.25, 0.3) is 6.08 Å². The molecule has 1 aliphatic rings. The fourth-order valence-electron chi connectivity index (χ4n) is 3.70. The number of hydrogen-bond donors (Lipinski definition) is 1. The van der Waals surface area contributed by atoms with Gasteiger partial charge in [-0.2, -0.15) is 0 Å². The SMILES string of the molecule is CCc1ccc(N2C(=O)NC(=O)/C(=C/c3cc(I)c(OCc4cccc(C)c4)c(I)c3)C2=O)cc1. The number of barbiturate groups is 1. The standard InChI is InChI=1S/C27H22I2N2O4/c1-3-17-7-9-20(10-8-17)31-26(33)21(25(32)30-27(31)34)12-19-13-22(28)24(23(29)14-19)35-15-18-6-4-5-16(2)11-18/h4-14H,3,15H2,1-2H3,(H,30,32,34)/b21-12-. The van der Waals surface area contributed by atoms with Crippen molar-refractivity contribution >= 4 is 74.8 Å². The van der Waals surface area contributed by atoms with Gasteiger partial charge in [-0.05, 0) is 106 Å². The number of nitrogens with zero attached hydrogens (tertiary/aromatic N) is 1. The molecule has 4 amide bonds. The number of nitrogens with one attached hydrogen (secondary N) is 1. The molecule has 0 aromatic heterocycles. The summed E-state index contributed by atoms with van der Waals surface area (Å²) in [7, 11) is 0. The number of urea groups is 1. The zero-order chi connectivity index (χ0) is 25.1. The Bertz CT molecular complexity index is 1330. The second-order valence-corrected chi connectivity index (χ2v) is 10.4. The van der Waals surface area contributed by atoms with E-state index in [2.05, 4.69) is 56.6 Å². The Morgan fingerprint density at radius 3 is 2.26 bits per heavy atom. The van der Waals surface area contributed by atoms with E-state index in [1.807, 2.05) is 56.3 Å². The van der Waals surface area contributed by atoms with Crippen LogP contribution in [-0.4, -0.2) is 17.8 Å². The van der Waals surface area contributed by atoms with Crippen LogP contribution in [-0.2, 0) is 22.6 Å². The van der Waals surface area contributed by atoms with Crippen molar-refractivity contribution in [2.75, 3.05) is 4.90 Å². The first kappa shape index (κ1) is 25.4. The molecule has 3 aromatic rings. The van der Waals surface area contributed by atoms with Crippen LogP contribution in [0.3, 0.4) is 0 Å². The predicted molar refractivity (Wildman–Crippen MR) is 152 cm³/mol. The van der Waals surface area contributed by atoms with Crippen molar-refractivity contribution in [2.45, 2.75) is 26.9 Å². The molecule has 0 saturated carbocycles. The number of carbonyl (C=O) groups is 3. The number of anilines is 1. The summed E-state index contributed by atoms with van der Waals surface area (Å²) in [5.74, 6) is -0.638. The van der Waals surface area contributed by atoms with Crippen molar-refractivity contribution in [3.8, 4) is 5.75 Å². The summed E-state index contributed by atoms with van der Waals surface area (Å²) in [5, 5.41) is 2.27. The van der Waals surface area contributed by atoms with E-state index >= 15 is 0 Å². The van der Waals surface area contributed by atoms with Crippen molar-refractivity contribution in [2.24, 2.45) is 0 Å². The minimum Gasteiger partial charge on any atom is -0.487 e. The maximum absolute atomic E-state index is 13.2. The van der Waals surface area contributed by atoms with E-state index < -0.39 is 17.8 Å². The first-order valence-corrected chi connectivity index (χ1v) is 13.1. The van der Waals surface area contributed by atoms with E-state index in [1.54, 1.807) is 12.1 Å². The number of benzene rings is 3. The van der Waals surface area contributed by atoms with Crippen molar-refractivity contribution in [3.63, 3.8) is 0 Å². The Balaban J connectivity index is 1.60. The third kappa shape index (κ3) is 5.75. The van der Waals surface area contributed by atoms with Gasteiger partial charge in [0, 0.05) is 0 Å². The molecule has 0 spiro atoms. The van der Waals surface area contributed by atoms with Gasteiger partial charge in [-0.25, -0.2) is 9.69 Å². The summed E-state index contributed by atoms with van der Waals surface area (Å²) >= 11 is 4.36. The normalized spacial score (nSPS) is 14.9. The van der Waals surface area contributed by atoms with Gasteiger partial charge in [-0.15, -0.1) is 0 Å². The molecule has 0 bridgehead atoms. The highest BCUT2D eigenvalue weighted by Gasteiger charge is 2.36. The van der Waals surface area contributed by atoms with Gasteiger partial charge in [0.15, 0.2) is 0 Å². The topological polar surface area (TPSA) is 75.7 Å². The van der Waals surface area contributed by atoms with Gasteiger partial charge in [0.2, 0.25) is 0 Å². The van der Waals surface area contributed by atoms with Crippen LogP contribution in [0, 0.1) is 14.1 Å². The van der Waals surface area contributed by atoms with E-state index in [-0.39, 0.29) is 5.57 Å². The van der Waals surface area contributed by atoms with Crippen molar-refractivity contribution in [1.29, 1.82) is 0 Å². The molecule has 8 heteroatoms. The van der Waals surface area contributed by atoms with Crippen molar-refractivity contribution < 1.29 is 19.1 Å². The number of imide groups is 2. The number of carbonyl (C=O) groups excluding carboxylic acids is 3. The zero-order valence-corrected chi connectivity index (χ0v) is 23.4. The van der Waals surface area contributed by atoms with Crippen LogP contribution in [0.5, 0.6) is 5.75 Å². The molecule has 1 fully saturated rings. The van der Waals surface area contributed by atoms with Gasteiger partial charge in [-0.3, -0.25) is 14.9 Å². The molecule has 178 valence electrons. The van der Waals surface area contributed by atoms with Gasteiger partial charge in [0.1, 0.15) is 17.9 Å². The number of ether oxygens (including phenoxy) is 1. The Labute approximate surface area is 231 Å². The van der Waals surface area contributed by atoms with Crippen LogP contribution in [0.1, 0.15) is 29.2 Å². The molecule has 35 heavy (non-hydrogen) atoms. The number of amides is 4. The highest BCUT2D eigenvalue weighted by molar-refractivity contribution is 14.1. The minimum absolute atomic E-state index is 0.107. The number of hydrogen-bond acceptors (Lipinski definition) is 4. The Hall–Kier alpha value is -2.73. The summed E-state index contributed by atoms with van der Waals surface area (Å²) < 4.78 is 7.76. The van der Waals surface area contributed by atoms with E-state index in [0.717, 1.165) is 35.3 Å². The molecule has 1 heterocycles.